The van der Waals surface area contributed by atoms with E-state index >= 15 is 0 Å². The van der Waals surface area contributed by atoms with Gasteiger partial charge in [-0.1, -0.05) is 13.8 Å². The van der Waals surface area contributed by atoms with Crippen molar-refractivity contribution < 1.29 is 4.79 Å². The molecule has 1 heterocycles. The molecule has 0 bridgehead atoms. The van der Waals surface area contributed by atoms with E-state index in [9.17, 15) is 4.79 Å². The number of piperidine rings is 1. The predicted octanol–water partition coefficient (Wildman–Crippen LogP) is 0.230. The summed E-state index contributed by atoms with van der Waals surface area (Å²) in [6.45, 7) is 6.54. The van der Waals surface area contributed by atoms with Crippen LogP contribution in [-0.4, -0.2) is 31.6 Å². The van der Waals surface area contributed by atoms with E-state index in [1.807, 2.05) is 0 Å². The molecule has 0 aromatic rings. The van der Waals surface area contributed by atoms with Crippen molar-refractivity contribution in [3.05, 3.63) is 0 Å². The van der Waals surface area contributed by atoms with E-state index < -0.39 is 0 Å². The quantitative estimate of drug-likeness (QED) is 0.586. The van der Waals surface area contributed by atoms with Crippen molar-refractivity contribution >= 4 is 5.91 Å². The van der Waals surface area contributed by atoms with Crippen LogP contribution in [0.5, 0.6) is 0 Å². The van der Waals surface area contributed by atoms with Crippen LogP contribution in [0.1, 0.15) is 33.1 Å². The molecule has 1 atom stereocenters. The highest BCUT2D eigenvalue weighted by atomic mass is 16.2. The van der Waals surface area contributed by atoms with E-state index in [1.54, 1.807) is 0 Å². The Morgan fingerprint density at radius 3 is 2.93 bits per heavy atom. The standard InChI is InChI=1S/C11H23N3O/c1-11(2)5-3-7-13-9(11)10(15)14-8-4-6-12/h9,13H,3-8,12H2,1-2H3,(H,14,15). The zero-order valence-electron chi connectivity index (χ0n) is 9.81. The zero-order valence-corrected chi connectivity index (χ0v) is 9.81. The van der Waals surface area contributed by atoms with E-state index in [-0.39, 0.29) is 17.4 Å². The average Bonchev–Trinajstić information content (AvgIpc) is 2.17. The SMILES string of the molecule is CC1(C)CCCNC1C(=O)NCCCN. The molecule has 0 aromatic heterocycles. The summed E-state index contributed by atoms with van der Waals surface area (Å²) < 4.78 is 0. The molecule has 15 heavy (non-hydrogen) atoms. The normalized spacial score (nSPS) is 24.9. The van der Waals surface area contributed by atoms with Gasteiger partial charge in [-0.15, -0.1) is 0 Å². The van der Waals surface area contributed by atoms with Crippen molar-refractivity contribution in [2.24, 2.45) is 11.1 Å². The molecule has 0 radical (unpaired) electrons. The number of nitrogens with two attached hydrogens (primary N) is 1. The van der Waals surface area contributed by atoms with Crippen molar-refractivity contribution in [3.63, 3.8) is 0 Å². The van der Waals surface area contributed by atoms with Crippen LogP contribution >= 0.6 is 0 Å². The van der Waals surface area contributed by atoms with E-state index in [4.69, 9.17) is 5.73 Å². The van der Waals surface area contributed by atoms with E-state index in [2.05, 4.69) is 24.5 Å². The van der Waals surface area contributed by atoms with Crippen molar-refractivity contribution in [1.29, 1.82) is 0 Å². The highest BCUT2D eigenvalue weighted by molar-refractivity contribution is 5.82. The molecule has 1 saturated heterocycles. The molecule has 88 valence electrons. The molecule has 4 nitrogen and oxygen atoms in total. The molecule has 0 aliphatic carbocycles. The van der Waals surface area contributed by atoms with Crippen LogP contribution in [0, 0.1) is 5.41 Å². The van der Waals surface area contributed by atoms with Gasteiger partial charge in [0.1, 0.15) is 0 Å². The fourth-order valence-corrected chi connectivity index (χ4v) is 2.07. The minimum absolute atomic E-state index is 0.0518. The second kappa shape index (κ2) is 5.47. The summed E-state index contributed by atoms with van der Waals surface area (Å²) in [5, 5.41) is 6.22. The van der Waals surface area contributed by atoms with Gasteiger partial charge in [0.2, 0.25) is 5.91 Å². The fraction of sp³-hybridized carbons (Fsp3) is 0.909. The van der Waals surface area contributed by atoms with Gasteiger partial charge in [-0.2, -0.15) is 0 Å². The number of hydrogen-bond donors (Lipinski definition) is 3. The molecule has 1 fully saturated rings. The van der Waals surface area contributed by atoms with E-state index in [1.165, 1.54) is 0 Å². The molecule has 4 heteroatoms. The highest BCUT2D eigenvalue weighted by Gasteiger charge is 2.36. The smallest absolute Gasteiger partial charge is 0.237 e. The summed E-state index contributed by atoms with van der Waals surface area (Å²) in [4.78, 5) is 11.9. The van der Waals surface area contributed by atoms with Crippen LogP contribution in [0.25, 0.3) is 0 Å². The molecule has 1 unspecified atom stereocenters. The van der Waals surface area contributed by atoms with Gasteiger partial charge >= 0.3 is 0 Å². The molecule has 0 spiro atoms. The van der Waals surface area contributed by atoms with Crippen molar-refractivity contribution in [2.75, 3.05) is 19.6 Å². The number of carbonyl (C=O) groups excluding carboxylic acids is 1. The van der Waals surface area contributed by atoms with Crippen LogP contribution in [0.2, 0.25) is 0 Å². The minimum Gasteiger partial charge on any atom is -0.355 e. The van der Waals surface area contributed by atoms with Gasteiger partial charge < -0.3 is 16.4 Å². The Hall–Kier alpha value is -0.610. The Labute approximate surface area is 92.0 Å². The van der Waals surface area contributed by atoms with E-state index in [0.717, 1.165) is 25.8 Å². The van der Waals surface area contributed by atoms with Crippen LogP contribution in [0.15, 0.2) is 0 Å². The molecule has 1 aliphatic heterocycles. The number of carbonyl (C=O) groups is 1. The lowest BCUT2D eigenvalue weighted by molar-refractivity contribution is -0.126. The third-order valence-corrected chi connectivity index (χ3v) is 3.07. The first-order chi connectivity index (χ1) is 7.08. The van der Waals surface area contributed by atoms with Crippen molar-refractivity contribution in [1.82, 2.24) is 10.6 Å². The molecular weight excluding hydrogens is 190 g/mol. The monoisotopic (exact) mass is 213 g/mol. The second-order valence-corrected chi connectivity index (χ2v) is 4.91. The average molecular weight is 213 g/mol. The van der Waals surface area contributed by atoms with Crippen LogP contribution in [-0.2, 0) is 4.79 Å². The summed E-state index contributed by atoms with van der Waals surface area (Å²) in [6.07, 6.45) is 3.10. The topological polar surface area (TPSA) is 67.2 Å². The van der Waals surface area contributed by atoms with Gasteiger partial charge in [-0.25, -0.2) is 0 Å². The van der Waals surface area contributed by atoms with Gasteiger partial charge in [-0.3, -0.25) is 4.79 Å². The molecular formula is C11H23N3O. The summed E-state index contributed by atoms with van der Waals surface area (Å²) in [5.74, 6) is 0.119. The molecule has 1 rings (SSSR count). The largest absolute Gasteiger partial charge is 0.355 e. The Balaban J connectivity index is 2.42. The Kier molecular flexibility index (Phi) is 4.54. The summed E-state index contributed by atoms with van der Waals surface area (Å²) in [7, 11) is 0. The Morgan fingerprint density at radius 2 is 2.33 bits per heavy atom. The number of amides is 1. The second-order valence-electron chi connectivity index (χ2n) is 4.91. The van der Waals surface area contributed by atoms with Gasteiger partial charge in [-0.05, 0) is 37.8 Å². The lowest BCUT2D eigenvalue weighted by Crippen LogP contribution is -2.55. The number of rotatable bonds is 4. The first-order valence-corrected chi connectivity index (χ1v) is 5.79. The summed E-state index contributed by atoms with van der Waals surface area (Å²) in [6, 6.07) is -0.0518. The first kappa shape index (κ1) is 12.5. The number of nitrogens with one attached hydrogen (secondary N) is 2. The lowest BCUT2D eigenvalue weighted by Gasteiger charge is -2.38. The van der Waals surface area contributed by atoms with E-state index in [0.29, 0.717) is 13.1 Å². The summed E-state index contributed by atoms with van der Waals surface area (Å²) >= 11 is 0. The molecule has 0 saturated carbocycles. The highest BCUT2D eigenvalue weighted by Crippen LogP contribution is 2.29. The molecule has 0 aromatic carbocycles. The van der Waals surface area contributed by atoms with Gasteiger partial charge in [0.15, 0.2) is 0 Å². The Bertz CT molecular complexity index is 216. The first-order valence-electron chi connectivity index (χ1n) is 5.79. The lowest BCUT2D eigenvalue weighted by atomic mass is 9.77. The van der Waals surface area contributed by atoms with Crippen LogP contribution < -0.4 is 16.4 Å². The maximum Gasteiger partial charge on any atom is 0.237 e. The third kappa shape index (κ3) is 3.47. The van der Waals surface area contributed by atoms with Gasteiger partial charge in [0.25, 0.3) is 0 Å². The third-order valence-electron chi connectivity index (χ3n) is 3.07. The molecule has 4 N–H and O–H groups in total. The van der Waals surface area contributed by atoms with Gasteiger partial charge in [0.05, 0.1) is 6.04 Å². The van der Waals surface area contributed by atoms with Gasteiger partial charge in [0, 0.05) is 6.54 Å². The van der Waals surface area contributed by atoms with Crippen molar-refractivity contribution in [2.45, 2.75) is 39.2 Å². The maximum absolute atomic E-state index is 11.9. The van der Waals surface area contributed by atoms with Crippen LogP contribution in [0.3, 0.4) is 0 Å². The van der Waals surface area contributed by atoms with Crippen LogP contribution in [0.4, 0.5) is 0 Å². The fourth-order valence-electron chi connectivity index (χ4n) is 2.07. The minimum atomic E-state index is -0.0518. The predicted molar refractivity (Wildman–Crippen MR) is 61.5 cm³/mol. The molecule has 1 amide bonds. The Morgan fingerprint density at radius 1 is 1.60 bits per heavy atom. The van der Waals surface area contributed by atoms with Crippen molar-refractivity contribution in [3.8, 4) is 0 Å². The molecule has 1 aliphatic rings. The zero-order chi connectivity index (χ0) is 11.3. The summed E-state index contributed by atoms with van der Waals surface area (Å²) in [5.41, 5.74) is 5.44. The number of hydrogen-bond acceptors (Lipinski definition) is 3. The maximum atomic E-state index is 11.9.